The monoisotopic (exact) mass is 1390 g/mol. The fourth-order valence-corrected chi connectivity index (χ4v) is 11.5. The Balaban J connectivity index is 0.000000355. The van der Waals surface area contributed by atoms with Crippen LogP contribution >= 0.6 is 0 Å². The molecule has 552 valence electrons. The fraction of sp³-hybridized carbons (Fsp3) is 0.696. The maximum Gasteiger partial charge on any atom is 0.411 e. The number of hydrogen-bond acceptors (Lipinski definition) is 21. The van der Waals surface area contributed by atoms with Gasteiger partial charge in [0.05, 0.1) is 52.2 Å². The average Bonchev–Trinajstić information content (AvgIpc) is 1.60. The summed E-state index contributed by atoms with van der Waals surface area (Å²) in [5.41, 5.74) is -5.40. The van der Waals surface area contributed by atoms with Gasteiger partial charge < -0.3 is 85.6 Å². The minimum atomic E-state index is -1.21. The van der Waals surface area contributed by atoms with E-state index in [1.807, 2.05) is 12.2 Å². The van der Waals surface area contributed by atoms with Gasteiger partial charge >= 0.3 is 42.2 Å². The van der Waals surface area contributed by atoms with Gasteiger partial charge in [-0.25, -0.2) is 33.6 Å². The number of amides is 7. The molecule has 0 spiro atoms. The molecule has 14 atom stereocenters. The maximum atomic E-state index is 13.6. The van der Waals surface area contributed by atoms with E-state index in [-0.39, 0.29) is 49.6 Å². The van der Waals surface area contributed by atoms with E-state index < -0.39 is 142 Å². The lowest BCUT2D eigenvalue weighted by atomic mass is 10.0. The van der Waals surface area contributed by atoms with Crippen molar-refractivity contribution in [1.29, 1.82) is 0 Å². The maximum absolute atomic E-state index is 13.6. The molecule has 0 unspecified atom stereocenters. The molecule has 98 heavy (non-hydrogen) atoms. The fourth-order valence-electron chi connectivity index (χ4n) is 11.5. The molecular formula is C69H110N8O21. The van der Waals surface area contributed by atoms with Crippen LogP contribution in [0.15, 0.2) is 63.3 Å². The number of ether oxygens (including phenoxy) is 6. The lowest BCUT2D eigenvalue weighted by Gasteiger charge is -2.30. The number of aliphatic hydroxyl groups is 3. The molecule has 0 aromatic rings. The highest BCUT2D eigenvalue weighted by Crippen LogP contribution is 2.47. The number of aliphatic hydroxyl groups excluding tert-OH is 3. The second kappa shape index (κ2) is 37.3. The molecule has 3 heterocycles. The largest absolute Gasteiger partial charge is 0.480 e. The van der Waals surface area contributed by atoms with Crippen molar-refractivity contribution in [2.75, 3.05) is 41.0 Å². The Morgan fingerprint density at radius 3 is 1.21 bits per heavy atom. The van der Waals surface area contributed by atoms with Gasteiger partial charge in [0.1, 0.15) is 57.6 Å². The van der Waals surface area contributed by atoms with Gasteiger partial charge in [0.2, 0.25) is 23.6 Å². The molecule has 3 saturated heterocycles. The van der Waals surface area contributed by atoms with Crippen molar-refractivity contribution in [3.8, 4) is 0 Å². The van der Waals surface area contributed by atoms with E-state index in [0.717, 1.165) is 44.9 Å². The first-order valence-electron chi connectivity index (χ1n) is 33.3. The topological polar surface area (TPSA) is 403 Å². The number of likely N-dealkylation sites (tertiary alicyclic amines) is 2. The Morgan fingerprint density at radius 2 is 0.878 bits per heavy atom. The molecule has 29 nitrogen and oxygen atoms in total. The van der Waals surface area contributed by atoms with E-state index in [1.54, 1.807) is 80.5 Å². The first kappa shape index (κ1) is 84.3. The van der Waals surface area contributed by atoms with E-state index >= 15 is 0 Å². The number of allylic oxidation sites excluding steroid dienone is 2. The molecule has 6 aliphatic rings. The molecule has 0 aromatic carbocycles. The summed E-state index contributed by atoms with van der Waals surface area (Å²) in [7, 11) is 3.79. The summed E-state index contributed by atoms with van der Waals surface area (Å²) in [6, 6.07) is -4.17. The zero-order valence-electron chi connectivity index (χ0n) is 59.3. The number of nitrogens with one attached hydrogen (secondary N) is 6. The summed E-state index contributed by atoms with van der Waals surface area (Å²) in [6.45, 7) is 34.2. The molecule has 6 rings (SSSR count). The Morgan fingerprint density at radius 1 is 0.510 bits per heavy atom. The number of hydrogen-bond donors (Lipinski definition) is 10. The normalized spacial score (nSPS) is 26.9. The number of rotatable bonds is 28. The molecule has 7 amide bonds. The third-order valence-electron chi connectivity index (χ3n) is 16.9. The van der Waals surface area contributed by atoms with Gasteiger partial charge in [-0.05, 0) is 127 Å². The SMILES string of the molecule is C=CCCCCC[C@H](NC(=O)OC(C)(C)C)C(=O)N1C[C@@H](O)C[C@H]1C(=O)N[C@]1(C(=O)OC)C[C@H]1C=C.C=CCCCCC[C@H](NC(=O)OC(C)(C)C)C(=O)O.C=C[C@@H]1C[C@]1(NC(=O)[C@@H]1C[C@H](O)CN1)C(=O)OC.C=C[C@@H]1C[C@]1(NC(=O)[C@@H]1C[C@H](O)CN1C(=O)OC(C)(C)C)C(=O)OC. The standard InChI is InChI=1S/C26H41N3O7.C17H26N2O6.C14H25NO4.C12H18N2O4/c1-7-9-10-11-12-13-19(27-24(34)36-25(3,4)5)22(32)29-16-18(30)14-20(29)21(31)28-26(23(33)35-6)15-17(26)8-2;1-6-10-8-17(10,14(22)24-5)18-13(21)12-7-11(20)9-19(12)15(23)25-16(2,3)4;1-5-6-7-8-9-10-11(12(16)17)15-13(18)19-14(2,3)4;1-3-7-5-12(7,11(17)18-2)14-10(16)9-4-8(15)6-13-9/h7-8,17-20,30H,1-2,9-16H2,3-6H3,(H,27,34)(H,28,31);6,10-12,20H,1,7-9H2,2-5H3,(H,18,21);5,11H,1,6-10H2,2-4H3,(H,15,18)(H,16,17);3,7-9,13,15H,1,4-6H2,2H3,(H,14,16)/t17-,18+,19+,20+,26-;10-,11+,12+,17-;11-;7-,8+,9+,12-/m1101/s1. The van der Waals surface area contributed by atoms with Crippen LogP contribution in [0, 0.1) is 17.8 Å². The Kier molecular flexibility index (Phi) is 32.1. The Hall–Kier alpha value is -7.89. The number of methoxy groups -OCH3 is 3. The summed E-state index contributed by atoms with van der Waals surface area (Å²) < 4.78 is 30.0. The molecule has 29 heteroatoms. The number of aliphatic carboxylic acids is 1. The number of nitrogens with zero attached hydrogens (tertiary/aromatic N) is 2. The number of β-amino-alcohol motifs (C(OH)–C–C–N with tert-alkyl or cyclic N) is 3. The van der Waals surface area contributed by atoms with Crippen molar-refractivity contribution in [2.24, 2.45) is 17.8 Å². The summed E-state index contributed by atoms with van der Waals surface area (Å²) in [6.07, 6.45) is 13.5. The number of carbonyl (C=O) groups excluding carboxylic acids is 10. The van der Waals surface area contributed by atoms with E-state index in [0.29, 0.717) is 51.5 Å². The minimum Gasteiger partial charge on any atom is -0.480 e. The molecule has 0 aromatic heterocycles. The Labute approximate surface area is 576 Å². The number of unbranched alkanes of at least 4 members (excludes halogenated alkanes) is 6. The van der Waals surface area contributed by atoms with E-state index in [4.69, 9.17) is 33.5 Å². The predicted octanol–water partition coefficient (Wildman–Crippen LogP) is 4.85. The van der Waals surface area contributed by atoms with Crippen molar-refractivity contribution in [1.82, 2.24) is 41.7 Å². The van der Waals surface area contributed by atoms with Crippen LogP contribution < -0.4 is 31.9 Å². The highest BCUT2D eigenvalue weighted by Gasteiger charge is 2.64. The summed E-state index contributed by atoms with van der Waals surface area (Å²) in [5.74, 6) is -5.02. The Bertz CT molecular complexity index is 2850. The number of carboxylic acid groups (broad SMARTS) is 1. The van der Waals surface area contributed by atoms with Crippen LogP contribution in [0.25, 0.3) is 0 Å². The van der Waals surface area contributed by atoms with Crippen LogP contribution in [0.5, 0.6) is 0 Å². The van der Waals surface area contributed by atoms with E-state index in [1.165, 1.54) is 31.1 Å². The molecular weight excluding hydrogens is 1280 g/mol. The average molecular weight is 1390 g/mol. The van der Waals surface area contributed by atoms with Crippen molar-refractivity contribution < 1.29 is 102 Å². The third-order valence-corrected chi connectivity index (χ3v) is 16.9. The summed E-state index contributed by atoms with van der Waals surface area (Å²) >= 11 is 0. The number of esters is 3. The molecule has 0 radical (unpaired) electrons. The second-order valence-electron chi connectivity index (χ2n) is 28.4. The van der Waals surface area contributed by atoms with Crippen LogP contribution in [0.2, 0.25) is 0 Å². The zero-order chi connectivity index (χ0) is 74.3. The molecule has 3 aliphatic carbocycles. The lowest BCUT2D eigenvalue weighted by molar-refractivity contribution is -0.148. The number of carboxylic acids is 1. The highest BCUT2D eigenvalue weighted by atomic mass is 16.6. The number of alkyl carbamates (subject to hydrolysis) is 2. The molecule has 10 N–H and O–H groups in total. The van der Waals surface area contributed by atoms with Gasteiger partial charge in [-0.15, -0.1) is 32.9 Å². The van der Waals surface area contributed by atoms with Crippen LogP contribution in [-0.4, -0.2) is 219 Å². The van der Waals surface area contributed by atoms with Crippen molar-refractivity contribution in [3.63, 3.8) is 0 Å². The molecule has 3 saturated carbocycles. The lowest BCUT2D eigenvalue weighted by Crippen LogP contribution is -2.56. The van der Waals surface area contributed by atoms with Crippen LogP contribution in [0.1, 0.15) is 165 Å². The van der Waals surface area contributed by atoms with Crippen molar-refractivity contribution in [3.05, 3.63) is 63.3 Å². The highest BCUT2D eigenvalue weighted by molar-refractivity contribution is 5.97. The van der Waals surface area contributed by atoms with E-state index in [9.17, 15) is 68.1 Å². The summed E-state index contributed by atoms with van der Waals surface area (Å²) in [5, 5.41) is 54.7. The smallest absolute Gasteiger partial charge is 0.411 e. The van der Waals surface area contributed by atoms with Gasteiger partial charge in [-0.3, -0.25) is 24.1 Å². The van der Waals surface area contributed by atoms with Gasteiger partial charge in [0.25, 0.3) is 0 Å². The minimum absolute atomic E-state index is 0.00309. The van der Waals surface area contributed by atoms with Crippen molar-refractivity contribution in [2.45, 2.75) is 247 Å². The van der Waals surface area contributed by atoms with Gasteiger partial charge in [0, 0.05) is 43.7 Å². The van der Waals surface area contributed by atoms with Crippen LogP contribution in [-0.2, 0) is 66.8 Å². The van der Waals surface area contributed by atoms with E-state index in [2.05, 4.69) is 64.8 Å². The second-order valence-corrected chi connectivity index (χ2v) is 28.4. The predicted molar refractivity (Wildman–Crippen MR) is 360 cm³/mol. The molecule has 6 fully saturated rings. The van der Waals surface area contributed by atoms with Crippen LogP contribution in [0.3, 0.4) is 0 Å². The van der Waals surface area contributed by atoms with Crippen molar-refractivity contribution >= 4 is 65.8 Å². The number of carbonyl (C=O) groups is 11. The molecule has 3 aliphatic heterocycles. The molecule has 0 bridgehead atoms. The first-order valence-corrected chi connectivity index (χ1v) is 33.3. The van der Waals surface area contributed by atoms with Gasteiger partial charge in [0.15, 0.2) is 0 Å². The quantitative estimate of drug-likeness (QED) is 0.0217. The van der Waals surface area contributed by atoms with Gasteiger partial charge in [-0.2, -0.15) is 0 Å². The summed E-state index contributed by atoms with van der Waals surface area (Å²) in [4.78, 5) is 137. The van der Waals surface area contributed by atoms with Crippen LogP contribution in [0.4, 0.5) is 14.4 Å². The zero-order valence-corrected chi connectivity index (χ0v) is 59.3. The third kappa shape index (κ3) is 25.4. The first-order chi connectivity index (χ1) is 45.7. The van der Waals surface area contributed by atoms with Gasteiger partial charge in [-0.1, -0.05) is 56.1 Å².